The fourth-order valence-corrected chi connectivity index (χ4v) is 3.70. The van der Waals surface area contributed by atoms with E-state index in [-0.39, 0.29) is 28.8 Å². The molecule has 4 nitrogen and oxygen atoms in total. The van der Waals surface area contributed by atoms with Crippen LogP contribution in [0.1, 0.15) is 43.7 Å². The summed E-state index contributed by atoms with van der Waals surface area (Å²) in [4.78, 5) is 4.54. The van der Waals surface area contributed by atoms with Crippen LogP contribution in [0.15, 0.2) is 36.5 Å². The normalized spacial score (nSPS) is 13.5. The number of benzene rings is 1. The Kier molecular flexibility index (Phi) is 8.37. The number of halogens is 2. The molecule has 0 bridgehead atoms. The predicted molar refractivity (Wildman–Crippen MR) is 117 cm³/mol. The molecule has 1 aromatic heterocycles. The minimum atomic E-state index is -1.92. The van der Waals surface area contributed by atoms with Crippen LogP contribution in [-0.4, -0.2) is 33.8 Å². The summed E-state index contributed by atoms with van der Waals surface area (Å²) in [7, 11) is -0.331. The summed E-state index contributed by atoms with van der Waals surface area (Å²) in [5.74, 6) is -0.387. The number of nitrogens with zero attached hydrogens (tertiary/aromatic N) is 1. The molecule has 0 saturated heterocycles. The van der Waals surface area contributed by atoms with Crippen LogP contribution in [0.3, 0.4) is 0 Å². The third-order valence-corrected chi connectivity index (χ3v) is 10.2. The smallest absolute Gasteiger partial charge is 0.192 e. The number of hydrogen-bond acceptors (Lipinski definition) is 4. The number of hydrogen-bond donors (Lipinski definition) is 0. The summed E-state index contributed by atoms with van der Waals surface area (Å²) in [6.45, 7) is 11.6. The summed E-state index contributed by atoms with van der Waals surface area (Å²) >= 11 is 5.87. The first-order valence-corrected chi connectivity index (χ1v) is 13.0. The Morgan fingerprint density at radius 3 is 2.48 bits per heavy atom. The monoisotopic (exact) mass is 439 g/mol. The molecular weight excluding hydrogens is 409 g/mol. The van der Waals surface area contributed by atoms with Crippen molar-refractivity contribution in [2.24, 2.45) is 0 Å². The molecule has 2 rings (SSSR count). The molecule has 0 aliphatic carbocycles. The fraction of sp³-hybridized carbons (Fsp3) is 0.500. The van der Waals surface area contributed by atoms with E-state index >= 15 is 0 Å². The second-order valence-electron chi connectivity index (χ2n) is 8.61. The Morgan fingerprint density at radius 2 is 1.90 bits per heavy atom. The molecule has 2 aromatic rings. The van der Waals surface area contributed by atoms with E-state index in [1.54, 1.807) is 31.5 Å². The van der Waals surface area contributed by atoms with Crippen LogP contribution in [0.4, 0.5) is 4.39 Å². The molecule has 0 N–H and O–H groups in total. The quantitative estimate of drug-likeness (QED) is 0.347. The molecule has 0 radical (unpaired) electrons. The van der Waals surface area contributed by atoms with Gasteiger partial charge in [0.05, 0.1) is 17.3 Å². The Morgan fingerprint density at radius 1 is 1.17 bits per heavy atom. The lowest BCUT2D eigenvalue weighted by Crippen LogP contribution is -2.42. The van der Waals surface area contributed by atoms with Crippen molar-refractivity contribution in [3.05, 3.63) is 64.2 Å². The lowest BCUT2D eigenvalue weighted by molar-refractivity contribution is -0.0885. The second kappa shape index (κ2) is 10.1. The molecule has 0 fully saturated rings. The van der Waals surface area contributed by atoms with Gasteiger partial charge in [0.15, 0.2) is 8.32 Å². The molecular formula is C22H31ClFNO3Si. The van der Waals surface area contributed by atoms with Gasteiger partial charge in [-0.2, -0.15) is 0 Å². The first kappa shape index (κ1) is 24.0. The van der Waals surface area contributed by atoms with Crippen molar-refractivity contribution in [1.29, 1.82) is 0 Å². The Balaban J connectivity index is 2.12. The van der Waals surface area contributed by atoms with Crippen LogP contribution in [-0.2, 0) is 20.3 Å². The first-order chi connectivity index (χ1) is 13.5. The lowest BCUT2D eigenvalue weighted by atomic mass is 10.1. The zero-order chi connectivity index (χ0) is 21.7. The highest BCUT2D eigenvalue weighted by Crippen LogP contribution is 2.37. The molecule has 29 heavy (non-hydrogen) atoms. The standard InChI is InChI=1S/C22H31ClFNO3Si/c1-22(2,3)29(5,6)28-14-20(27-15-26-4)19-11-10-16(13-25-19)12-17-8-7-9-18(23)21(17)24/h7-11,13,20H,12,14-15H2,1-6H3. The summed E-state index contributed by atoms with van der Waals surface area (Å²) in [5, 5.41) is 0.236. The van der Waals surface area contributed by atoms with Gasteiger partial charge >= 0.3 is 0 Å². The lowest BCUT2D eigenvalue weighted by Gasteiger charge is -2.37. The molecule has 1 aromatic carbocycles. The average Bonchev–Trinajstić information content (AvgIpc) is 2.65. The summed E-state index contributed by atoms with van der Waals surface area (Å²) in [6.07, 6.45) is 1.83. The number of pyridine rings is 1. The molecule has 0 saturated carbocycles. The van der Waals surface area contributed by atoms with Crippen molar-refractivity contribution in [3.8, 4) is 0 Å². The molecule has 0 aliphatic heterocycles. The molecule has 7 heteroatoms. The van der Waals surface area contributed by atoms with Gasteiger partial charge in [-0.1, -0.05) is 50.6 Å². The maximum absolute atomic E-state index is 14.1. The number of rotatable bonds is 9. The Hall–Kier alpha value is -1.31. The molecule has 1 atom stereocenters. The molecule has 0 aliphatic rings. The van der Waals surface area contributed by atoms with Crippen molar-refractivity contribution < 1.29 is 18.3 Å². The van der Waals surface area contributed by atoms with E-state index in [4.69, 9.17) is 25.5 Å². The van der Waals surface area contributed by atoms with Gasteiger partial charge in [-0.15, -0.1) is 0 Å². The third-order valence-electron chi connectivity index (χ3n) is 5.39. The van der Waals surface area contributed by atoms with E-state index in [0.29, 0.717) is 18.6 Å². The Bertz CT molecular complexity index is 794. The van der Waals surface area contributed by atoms with E-state index in [9.17, 15) is 4.39 Å². The zero-order valence-corrected chi connectivity index (χ0v) is 19.8. The van der Waals surface area contributed by atoms with Crippen LogP contribution < -0.4 is 0 Å². The minimum Gasteiger partial charge on any atom is -0.414 e. The van der Waals surface area contributed by atoms with Crippen molar-refractivity contribution in [2.45, 2.75) is 51.4 Å². The second-order valence-corrected chi connectivity index (χ2v) is 13.8. The average molecular weight is 440 g/mol. The summed E-state index contributed by atoms with van der Waals surface area (Å²) in [6, 6.07) is 8.84. The van der Waals surface area contributed by atoms with E-state index in [1.807, 2.05) is 12.1 Å². The first-order valence-electron chi connectivity index (χ1n) is 9.67. The summed E-state index contributed by atoms with van der Waals surface area (Å²) < 4.78 is 31.3. The highest BCUT2D eigenvalue weighted by molar-refractivity contribution is 6.74. The van der Waals surface area contributed by atoms with E-state index in [2.05, 4.69) is 38.8 Å². The van der Waals surface area contributed by atoms with E-state index in [1.165, 1.54) is 0 Å². The largest absolute Gasteiger partial charge is 0.414 e. The maximum Gasteiger partial charge on any atom is 0.192 e. The molecule has 0 amide bonds. The van der Waals surface area contributed by atoms with Crippen molar-refractivity contribution in [3.63, 3.8) is 0 Å². The van der Waals surface area contributed by atoms with Crippen LogP contribution >= 0.6 is 11.6 Å². The number of ether oxygens (including phenoxy) is 2. The highest BCUT2D eigenvalue weighted by Gasteiger charge is 2.37. The highest BCUT2D eigenvalue weighted by atomic mass is 35.5. The van der Waals surface area contributed by atoms with Crippen molar-refractivity contribution >= 4 is 19.9 Å². The topological polar surface area (TPSA) is 40.6 Å². The van der Waals surface area contributed by atoms with Gasteiger partial charge < -0.3 is 13.9 Å². The van der Waals surface area contributed by atoms with Gasteiger partial charge in [-0.3, -0.25) is 4.98 Å². The van der Waals surface area contributed by atoms with Crippen LogP contribution in [0.2, 0.25) is 23.2 Å². The number of aromatic nitrogens is 1. The zero-order valence-electron chi connectivity index (χ0n) is 18.1. The van der Waals surface area contributed by atoms with Gasteiger partial charge in [0.25, 0.3) is 0 Å². The molecule has 0 spiro atoms. The fourth-order valence-electron chi connectivity index (χ4n) is 2.51. The van der Waals surface area contributed by atoms with Gasteiger partial charge in [0.2, 0.25) is 0 Å². The predicted octanol–water partition coefficient (Wildman–Crippen LogP) is 6.15. The van der Waals surface area contributed by atoms with Gasteiger partial charge in [-0.05, 0) is 41.4 Å². The maximum atomic E-state index is 14.1. The van der Waals surface area contributed by atoms with E-state index in [0.717, 1.165) is 11.3 Å². The SMILES string of the molecule is COCOC(CO[Si](C)(C)C(C)(C)C)c1ccc(Cc2cccc(Cl)c2F)cn1. The van der Waals surface area contributed by atoms with Gasteiger partial charge in [0.1, 0.15) is 18.7 Å². The van der Waals surface area contributed by atoms with Crippen LogP contribution in [0.25, 0.3) is 0 Å². The molecule has 1 heterocycles. The summed E-state index contributed by atoms with van der Waals surface area (Å²) in [5.41, 5.74) is 2.20. The van der Waals surface area contributed by atoms with Crippen LogP contribution in [0.5, 0.6) is 0 Å². The molecule has 160 valence electrons. The Labute approximate surface area is 179 Å². The molecule has 1 unspecified atom stereocenters. The van der Waals surface area contributed by atoms with Crippen LogP contribution in [0, 0.1) is 5.82 Å². The van der Waals surface area contributed by atoms with Crippen molar-refractivity contribution in [2.75, 3.05) is 20.5 Å². The van der Waals surface area contributed by atoms with Gasteiger partial charge in [-0.25, -0.2) is 4.39 Å². The third kappa shape index (κ3) is 6.59. The van der Waals surface area contributed by atoms with E-state index < -0.39 is 8.32 Å². The minimum absolute atomic E-state index is 0.108. The van der Waals surface area contributed by atoms with Gasteiger partial charge in [0, 0.05) is 19.7 Å². The number of methoxy groups -OCH3 is 1. The van der Waals surface area contributed by atoms with Crippen molar-refractivity contribution in [1.82, 2.24) is 4.98 Å².